The monoisotopic (exact) mass is 406 g/mol. The number of hydrogen-bond acceptors (Lipinski definition) is 3. The Morgan fingerprint density at radius 1 is 1.00 bits per heavy atom. The largest absolute Gasteiger partial charge is 0.325 e. The number of hydrogen-bond donors (Lipinski definition) is 2. The first-order chi connectivity index (χ1) is 11.4. The van der Waals surface area contributed by atoms with E-state index >= 15 is 0 Å². The molecule has 4 nitrogen and oxygen atoms in total. The van der Waals surface area contributed by atoms with Crippen molar-refractivity contribution in [2.24, 2.45) is 0 Å². The first-order valence-corrected chi connectivity index (χ1v) is 9.39. The van der Waals surface area contributed by atoms with Crippen molar-refractivity contribution in [1.82, 2.24) is 0 Å². The highest BCUT2D eigenvalue weighted by Gasteiger charge is 2.08. The normalized spacial score (nSPS) is 10.3. The lowest BCUT2D eigenvalue weighted by molar-refractivity contribution is -0.114. The van der Waals surface area contributed by atoms with E-state index in [2.05, 4.69) is 26.6 Å². The highest BCUT2D eigenvalue weighted by Crippen LogP contribution is 2.17. The van der Waals surface area contributed by atoms with E-state index in [1.165, 1.54) is 11.8 Å². The Morgan fingerprint density at radius 2 is 1.71 bits per heavy atom. The molecule has 0 spiro atoms. The fourth-order valence-corrected chi connectivity index (χ4v) is 3.16. The van der Waals surface area contributed by atoms with E-state index in [0.717, 1.165) is 27.0 Å². The third-order valence-corrected chi connectivity index (χ3v) is 4.66. The molecule has 2 aromatic rings. The van der Waals surface area contributed by atoms with Crippen LogP contribution in [0, 0.1) is 13.8 Å². The molecule has 2 rings (SSSR count). The summed E-state index contributed by atoms with van der Waals surface area (Å²) in [6.45, 7) is 3.97. The molecule has 0 aliphatic rings. The number of anilines is 2. The molecule has 2 N–H and O–H groups in total. The zero-order valence-corrected chi connectivity index (χ0v) is 16.0. The van der Waals surface area contributed by atoms with Gasteiger partial charge in [-0.05, 0) is 43.7 Å². The van der Waals surface area contributed by atoms with Gasteiger partial charge in [0.15, 0.2) is 0 Å². The molecule has 0 heterocycles. The summed E-state index contributed by atoms with van der Waals surface area (Å²) in [6.07, 6.45) is 0. The first kappa shape index (κ1) is 18.5. The molecule has 2 amide bonds. The van der Waals surface area contributed by atoms with Gasteiger partial charge in [-0.2, -0.15) is 0 Å². The highest BCUT2D eigenvalue weighted by molar-refractivity contribution is 9.10. The second-order valence-corrected chi connectivity index (χ2v) is 7.32. The Bertz CT molecular complexity index is 750. The van der Waals surface area contributed by atoms with Crippen molar-refractivity contribution in [3.63, 3.8) is 0 Å². The molecule has 0 saturated heterocycles. The van der Waals surface area contributed by atoms with Gasteiger partial charge in [-0.25, -0.2) is 0 Å². The molecular weight excluding hydrogens is 388 g/mol. The smallest absolute Gasteiger partial charge is 0.234 e. The number of carbonyl (C=O) groups is 2. The third kappa shape index (κ3) is 6.02. The maximum Gasteiger partial charge on any atom is 0.234 e. The van der Waals surface area contributed by atoms with Gasteiger partial charge in [-0.15, -0.1) is 11.8 Å². The zero-order chi connectivity index (χ0) is 17.5. The fourth-order valence-electron chi connectivity index (χ4n) is 2.14. The van der Waals surface area contributed by atoms with E-state index < -0.39 is 0 Å². The van der Waals surface area contributed by atoms with Gasteiger partial charge in [0, 0.05) is 15.8 Å². The van der Waals surface area contributed by atoms with Crippen LogP contribution in [-0.4, -0.2) is 23.3 Å². The number of thioether (sulfide) groups is 1. The molecular formula is C18H19BrN2O2S. The summed E-state index contributed by atoms with van der Waals surface area (Å²) in [6, 6.07) is 13.3. The second-order valence-electron chi connectivity index (χ2n) is 5.42. The molecule has 2 aromatic carbocycles. The zero-order valence-electron chi connectivity index (χ0n) is 13.6. The topological polar surface area (TPSA) is 58.2 Å². The maximum atomic E-state index is 12.0. The number of rotatable bonds is 6. The second kappa shape index (κ2) is 8.89. The summed E-state index contributed by atoms with van der Waals surface area (Å²) < 4.78 is 0.904. The van der Waals surface area contributed by atoms with Crippen molar-refractivity contribution < 1.29 is 9.59 Å². The summed E-state index contributed by atoms with van der Waals surface area (Å²) in [5, 5.41) is 5.67. The van der Waals surface area contributed by atoms with E-state index in [1.54, 1.807) is 0 Å². The molecule has 0 aromatic heterocycles. The van der Waals surface area contributed by atoms with Gasteiger partial charge < -0.3 is 10.6 Å². The number of amides is 2. The van der Waals surface area contributed by atoms with Gasteiger partial charge in [0.25, 0.3) is 0 Å². The van der Waals surface area contributed by atoms with Crippen molar-refractivity contribution in [2.45, 2.75) is 13.8 Å². The molecule has 0 aliphatic carbocycles. The van der Waals surface area contributed by atoms with Crippen LogP contribution in [0.1, 0.15) is 11.1 Å². The van der Waals surface area contributed by atoms with E-state index in [1.807, 2.05) is 56.3 Å². The van der Waals surface area contributed by atoms with Crippen molar-refractivity contribution in [2.75, 3.05) is 22.1 Å². The lowest BCUT2D eigenvalue weighted by atomic mass is 10.1. The Labute approximate surface area is 154 Å². The van der Waals surface area contributed by atoms with Gasteiger partial charge in [-0.1, -0.05) is 39.7 Å². The molecule has 0 aliphatic heterocycles. The minimum absolute atomic E-state index is 0.109. The Balaban J connectivity index is 1.75. The fraction of sp³-hybridized carbons (Fsp3) is 0.222. The average molecular weight is 407 g/mol. The van der Waals surface area contributed by atoms with Crippen LogP contribution in [0.5, 0.6) is 0 Å². The summed E-state index contributed by atoms with van der Waals surface area (Å²) in [4.78, 5) is 23.8. The number of carbonyl (C=O) groups excluding carboxylic acids is 2. The Kier molecular flexibility index (Phi) is 6.87. The maximum absolute atomic E-state index is 12.0. The third-order valence-electron chi connectivity index (χ3n) is 3.23. The van der Waals surface area contributed by atoms with Crippen LogP contribution < -0.4 is 10.6 Å². The number of benzene rings is 2. The van der Waals surface area contributed by atoms with E-state index in [0.29, 0.717) is 0 Å². The van der Waals surface area contributed by atoms with Crippen LogP contribution in [0.2, 0.25) is 0 Å². The lowest BCUT2D eigenvalue weighted by Crippen LogP contribution is -2.18. The molecule has 0 bridgehead atoms. The molecule has 0 unspecified atom stereocenters. The molecule has 6 heteroatoms. The van der Waals surface area contributed by atoms with Crippen molar-refractivity contribution in [1.29, 1.82) is 0 Å². The van der Waals surface area contributed by atoms with Gasteiger partial charge in [-0.3, -0.25) is 9.59 Å². The predicted octanol–water partition coefficient (Wildman–Crippen LogP) is 4.38. The quantitative estimate of drug-likeness (QED) is 0.748. The van der Waals surface area contributed by atoms with Crippen LogP contribution in [0.3, 0.4) is 0 Å². The summed E-state index contributed by atoms with van der Waals surface area (Å²) >= 11 is 4.64. The van der Waals surface area contributed by atoms with E-state index in [-0.39, 0.29) is 23.3 Å². The molecule has 0 saturated carbocycles. The summed E-state index contributed by atoms with van der Waals surface area (Å²) in [5.41, 5.74) is 3.73. The number of nitrogens with one attached hydrogen (secondary N) is 2. The van der Waals surface area contributed by atoms with Crippen LogP contribution >= 0.6 is 27.7 Å². The van der Waals surface area contributed by atoms with Crippen LogP contribution in [0.25, 0.3) is 0 Å². The van der Waals surface area contributed by atoms with Crippen molar-refractivity contribution in [3.05, 3.63) is 58.1 Å². The molecule has 0 fully saturated rings. The van der Waals surface area contributed by atoms with E-state index in [4.69, 9.17) is 0 Å². The van der Waals surface area contributed by atoms with Gasteiger partial charge >= 0.3 is 0 Å². The molecule has 24 heavy (non-hydrogen) atoms. The lowest BCUT2D eigenvalue weighted by Gasteiger charge is -2.09. The van der Waals surface area contributed by atoms with Crippen LogP contribution in [0.4, 0.5) is 11.4 Å². The minimum atomic E-state index is -0.127. The van der Waals surface area contributed by atoms with E-state index in [9.17, 15) is 9.59 Å². The van der Waals surface area contributed by atoms with Crippen molar-refractivity contribution >= 4 is 50.9 Å². The van der Waals surface area contributed by atoms with Crippen LogP contribution in [0.15, 0.2) is 46.9 Å². The Hall–Kier alpha value is -1.79. The summed E-state index contributed by atoms with van der Waals surface area (Å²) in [7, 11) is 0. The van der Waals surface area contributed by atoms with Crippen LogP contribution in [-0.2, 0) is 9.59 Å². The average Bonchev–Trinajstić information content (AvgIpc) is 2.50. The molecule has 0 radical (unpaired) electrons. The number of halogens is 1. The highest BCUT2D eigenvalue weighted by atomic mass is 79.9. The Morgan fingerprint density at radius 3 is 2.38 bits per heavy atom. The van der Waals surface area contributed by atoms with Crippen molar-refractivity contribution in [3.8, 4) is 0 Å². The molecule has 126 valence electrons. The van der Waals surface area contributed by atoms with Gasteiger partial charge in [0.2, 0.25) is 11.8 Å². The standard InChI is InChI=1S/C18H19BrN2O2S/c1-12-6-7-16(13(2)8-12)21-18(23)11-24-10-17(22)20-15-5-3-4-14(19)9-15/h3-9H,10-11H2,1-2H3,(H,20,22)(H,21,23). The number of aryl methyl sites for hydroxylation is 2. The predicted molar refractivity (Wildman–Crippen MR) is 105 cm³/mol. The SMILES string of the molecule is Cc1ccc(NC(=O)CSCC(=O)Nc2cccc(Br)c2)c(C)c1. The minimum Gasteiger partial charge on any atom is -0.325 e. The van der Waals surface area contributed by atoms with Gasteiger partial charge in [0.05, 0.1) is 11.5 Å². The molecule has 0 atom stereocenters. The summed E-state index contributed by atoms with van der Waals surface area (Å²) in [5.74, 6) is 0.228. The first-order valence-electron chi connectivity index (χ1n) is 7.44. The van der Waals surface area contributed by atoms with Gasteiger partial charge in [0.1, 0.15) is 0 Å².